The number of hydrogen-bond acceptors (Lipinski definition) is 2. The first-order valence-corrected chi connectivity index (χ1v) is 7.85. The molecule has 20 heavy (non-hydrogen) atoms. The van der Waals surface area contributed by atoms with Crippen LogP contribution in [-0.4, -0.2) is 13.2 Å². The second-order valence-corrected chi connectivity index (χ2v) is 5.23. The van der Waals surface area contributed by atoms with Crippen LogP contribution in [0.1, 0.15) is 57.6 Å². The second-order valence-electron chi connectivity index (χ2n) is 5.23. The van der Waals surface area contributed by atoms with Crippen LogP contribution in [-0.2, 0) is 0 Å². The third-order valence-corrected chi connectivity index (χ3v) is 3.40. The lowest BCUT2D eigenvalue weighted by Gasteiger charge is -2.14. The highest BCUT2D eigenvalue weighted by atomic mass is 16.5. The highest BCUT2D eigenvalue weighted by Crippen LogP contribution is 2.18. The zero-order chi connectivity index (χ0) is 14.6. The fourth-order valence-corrected chi connectivity index (χ4v) is 2.09. The number of ether oxygens (including phenoxy) is 1. The maximum absolute atomic E-state index is 5.76. The lowest BCUT2D eigenvalue weighted by atomic mass is 10.1. The number of hydrogen-bond donors (Lipinski definition) is 1. The highest BCUT2D eigenvalue weighted by Gasteiger charge is 2.03. The molecule has 1 rings (SSSR count). The van der Waals surface area contributed by atoms with Crippen molar-refractivity contribution in [2.24, 2.45) is 0 Å². The number of nitrogens with one attached hydrogen (secondary N) is 1. The molecule has 1 aromatic rings. The molecule has 0 spiro atoms. The molecule has 0 bridgehead atoms. The smallest absolute Gasteiger partial charge is 0.119 e. The van der Waals surface area contributed by atoms with Crippen LogP contribution in [0.2, 0.25) is 0 Å². The van der Waals surface area contributed by atoms with Crippen LogP contribution in [0.15, 0.2) is 36.9 Å². The summed E-state index contributed by atoms with van der Waals surface area (Å²) in [5.74, 6) is 0.972. The molecule has 112 valence electrons. The van der Waals surface area contributed by atoms with E-state index in [4.69, 9.17) is 4.74 Å². The van der Waals surface area contributed by atoms with Crippen molar-refractivity contribution in [3.63, 3.8) is 0 Å². The fourth-order valence-electron chi connectivity index (χ4n) is 2.09. The monoisotopic (exact) mass is 275 g/mol. The van der Waals surface area contributed by atoms with Crippen LogP contribution in [0.25, 0.3) is 0 Å². The first-order valence-electron chi connectivity index (χ1n) is 7.85. The Morgan fingerprint density at radius 1 is 1.20 bits per heavy atom. The normalized spacial score (nSPS) is 12.1. The Labute approximate surface area is 124 Å². The second kappa shape index (κ2) is 10.5. The summed E-state index contributed by atoms with van der Waals surface area (Å²) in [6.07, 6.45) is 7.79. The third kappa shape index (κ3) is 6.76. The van der Waals surface area contributed by atoms with E-state index < -0.39 is 0 Å². The maximum Gasteiger partial charge on any atom is 0.119 e. The quantitative estimate of drug-likeness (QED) is 0.459. The summed E-state index contributed by atoms with van der Waals surface area (Å²) >= 11 is 0. The van der Waals surface area contributed by atoms with Crippen LogP contribution in [0.3, 0.4) is 0 Å². The average Bonchev–Trinajstić information content (AvgIpc) is 2.49. The Balaban J connectivity index is 2.26. The van der Waals surface area contributed by atoms with Gasteiger partial charge in [-0.05, 0) is 63.3 Å². The summed E-state index contributed by atoms with van der Waals surface area (Å²) in [7, 11) is 0. The van der Waals surface area contributed by atoms with Crippen molar-refractivity contribution >= 4 is 0 Å². The molecule has 0 saturated carbocycles. The molecule has 1 unspecified atom stereocenters. The predicted molar refractivity (Wildman–Crippen MR) is 87.3 cm³/mol. The molecule has 1 aromatic carbocycles. The molecular weight excluding hydrogens is 246 g/mol. The minimum Gasteiger partial charge on any atom is -0.494 e. The third-order valence-electron chi connectivity index (χ3n) is 3.40. The molecule has 0 aliphatic rings. The number of rotatable bonds is 11. The van der Waals surface area contributed by atoms with Gasteiger partial charge in [-0.3, -0.25) is 0 Å². The van der Waals surface area contributed by atoms with E-state index >= 15 is 0 Å². The van der Waals surface area contributed by atoms with E-state index in [1.54, 1.807) is 0 Å². The minimum atomic E-state index is 0.405. The van der Waals surface area contributed by atoms with Gasteiger partial charge in [0.15, 0.2) is 0 Å². The summed E-state index contributed by atoms with van der Waals surface area (Å²) in [5, 5.41) is 3.49. The molecule has 0 saturated heterocycles. The number of benzene rings is 1. The molecule has 0 fully saturated rings. The minimum absolute atomic E-state index is 0.405. The molecule has 0 radical (unpaired) electrons. The Kier molecular flexibility index (Phi) is 8.81. The van der Waals surface area contributed by atoms with Gasteiger partial charge in [0.05, 0.1) is 6.61 Å². The molecule has 2 nitrogen and oxygen atoms in total. The Morgan fingerprint density at radius 3 is 2.60 bits per heavy atom. The first-order chi connectivity index (χ1) is 9.77. The van der Waals surface area contributed by atoms with E-state index in [2.05, 4.69) is 50.0 Å². The molecule has 1 N–H and O–H groups in total. The van der Waals surface area contributed by atoms with E-state index in [0.29, 0.717) is 6.04 Å². The van der Waals surface area contributed by atoms with Crippen LogP contribution in [0, 0.1) is 0 Å². The van der Waals surface area contributed by atoms with Crippen molar-refractivity contribution in [3.05, 3.63) is 42.5 Å². The van der Waals surface area contributed by atoms with Gasteiger partial charge in [-0.15, -0.1) is 6.58 Å². The van der Waals surface area contributed by atoms with Gasteiger partial charge in [0.2, 0.25) is 0 Å². The van der Waals surface area contributed by atoms with Gasteiger partial charge in [-0.25, -0.2) is 0 Å². The Morgan fingerprint density at radius 2 is 1.95 bits per heavy atom. The van der Waals surface area contributed by atoms with Gasteiger partial charge in [-0.2, -0.15) is 0 Å². The average molecular weight is 275 g/mol. The van der Waals surface area contributed by atoms with Crippen LogP contribution >= 0.6 is 0 Å². The molecule has 0 aromatic heterocycles. The standard InChI is InChI=1S/C18H29NO/c1-4-6-7-8-9-15-20-18-12-10-17(11-13-18)16(3)19-14-5-2/h4,10-13,16,19H,1,5-9,14-15H2,2-3H3. The molecule has 0 amide bonds. The molecule has 0 aliphatic carbocycles. The van der Waals surface area contributed by atoms with Gasteiger partial charge in [0.1, 0.15) is 5.75 Å². The van der Waals surface area contributed by atoms with E-state index in [0.717, 1.165) is 38.2 Å². The Hall–Kier alpha value is -1.28. The molecule has 2 heteroatoms. The van der Waals surface area contributed by atoms with Gasteiger partial charge in [0, 0.05) is 6.04 Å². The summed E-state index contributed by atoms with van der Waals surface area (Å²) in [5.41, 5.74) is 1.32. The molecule has 0 heterocycles. The van der Waals surface area contributed by atoms with Gasteiger partial charge >= 0.3 is 0 Å². The first kappa shape index (κ1) is 16.8. The van der Waals surface area contributed by atoms with Crippen molar-refractivity contribution in [2.45, 2.75) is 52.0 Å². The van der Waals surface area contributed by atoms with E-state index in [1.807, 2.05) is 6.08 Å². The van der Waals surface area contributed by atoms with Crippen molar-refractivity contribution < 1.29 is 4.74 Å². The summed E-state index contributed by atoms with van der Waals surface area (Å²) in [6, 6.07) is 8.86. The van der Waals surface area contributed by atoms with Crippen molar-refractivity contribution in [2.75, 3.05) is 13.2 Å². The van der Waals surface area contributed by atoms with Gasteiger partial charge in [-0.1, -0.05) is 25.1 Å². The number of unbranched alkanes of at least 4 members (excludes halogenated alkanes) is 3. The molecule has 0 aliphatic heterocycles. The lowest BCUT2D eigenvalue weighted by Crippen LogP contribution is -2.19. The zero-order valence-electron chi connectivity index (χ0n) is 13.0. The van der Waals surface area contributed by atoms with Gasteiger partial charge < -0.3 is 10.1 Å². The van der Waals surface area contributed by atoms with E-state index in [1.165, 1.54) is 18.4 Å². The SMILES string of the molecule is C=CCCCCCOc1ccc(C(C)NCCC)cc1. The summed E-state index contributed by atoms with van der Waals surface area (Å²) in [6.45, 7) is 9.98. The summed E-state index contributed by atoms with van der Waals surface area (Å²) < 4.78 is 5.76. The number of allylic oxidation sites excluding steroid dienone is 1. The molecule has 1 atom stereocenters. The van der Waals surface area contributed by atoms with Crippen molar-refractivity contribution in [3.8, 4) is 5.75 Å². The van der Waals surface area contributed by atoms with E-state index in [-0.39, 0.29) is 0 Å². The Bertz CT molecular complexity index is 358. The van der Waals surface area contributed by atoms with Crippen LogP contribution in [0.5, 0.6) is 5.75 Å². The topological polar surface area (TPSA) is 21.3 Å². The maximum atomic E-state index is 5.76. The zero-order valence-corrected chi connectivity index (χ0v) is 13.0. The van der Waals surface area contributed by atoms with Crippen molar-refractivity contribution in [1.29, 1.82) is 0 Å². The van der Waals surface area contributed by atoms with E-state index in [9.17, 15) is 0 Å². The molecular formula is C18H29NO. The largest absolute Gasteiger partial charge is 0.494 e. The highest BCUT2D eigenvalue weighted by molar-refractivity contribution is 5.28. The predicted octanol–water partition coefficient (Wildman–Crippen LogP) is 4.87. The van der Waals surface area contributed by atoms with Crippen LogP contribution < -0.4 is 10.1 Å². The van der Waals surface area contributed by atoms with Crippen molar-refractivity contribution in [1.82, 2.24) is 5.32 Å². The fraction of sp³-hybridized carbons (Fsp3) is 0.556. The lowest BCUT2D eigenvalue weighted by molar-refractivity contribution is 0.305. The van der Waals surface area contributed by atoms with Crippen LogP contribution in [0.4, 0.5) is 0 Å². The van der Waals surface area contributed by atoms with Gasteiger partial charge in [0.25, 0.3) is 0 Å². The summed E-state index contributed by atoms with van der Waals surface area (Å²) in [4.78, 5) is 0.